The first-order valence-electron chi connectivity index (χ1n) is 12.4. The Kier molecular flexibility index (Phi) is 7.17. The van der Waals surface area contributed by atoms with E-state index in [2.05, 4.69) is 23.5 Å². The third kappa shape index (κ3) is 6.19. The lowest BCUT2D eigenvalue weighted by Crippen LogP contribution is -2.50. The minimum Gasteiger partial charge on any atom is -0.492 e. The monoisotopic (exact) mass is 457 g/mol. The highest BCUT2D eigenvalue weighted by Crippen LogP contribution is 2.44. The van der Waals surface area contributed by atoms with Crippen LogP contribution >= 0.6 is 0 Å². The second kappa shape index (κ2) is 9.92. The van der Waals surface area contributed by atoms with Crippen LogP contribution in [0.2, 0.25) is 0 Å². The van der Waals surface area contributed by atoms with Gasteiger partial charge in [-0.05, 0) is 76.1 Å². The van der Waals surface area contributed by atoms with Crippen LogP contribution in [0.5, 0.6) is 5.75 Å². The molecule has 33 heavy (non-hydrogen) atoms. The Labute approximate surface area is 197 Å². The van der Waals surface area contributed by atoms with Gasteiger partial charge in [0.05, 0.1) is 5.92 Å². The van der Waals surface area contributed by atoms with Crippen LogP contribution in [0.3, 0.4) is 0 Å². The van der Waals surface area contributed by atoms with Gasteiger partial charge in [-0.25, -0.2) is 4.79 Å². The van der Waals surface area contributed by atoms with Gasteiger partial charge in [-0.15, -0.1) is 0 Å². The van der Waals surface area contributed by atoms with Gasteiger partial charge >= 0.3 is 6.09 Å². The number of nitrogens with zero attached hydrogens (tertiary/aromatic N) is 2. The molecule has 3 aliphatic rings. The predicted molar refractivity (Wildman–Crippen MR) is 128 cm³/mol. The summed E-state index contributed by atoms with van der Waals surface area (Å²) >= 11 is 0. The Morgan fingerprint density at radius 2 is 1.88 bits per heavy atom. The van der Waals surface area contributed by atoms with Crippen molar-refractivity contribution in [1.29, 1.82) is 0 Å². The van der Waals surface area contributed by atoms with Crippen LogP contribution in [-0.4, -0.2) is 73.8 Å². The third-order valence-corrected chi connectivity index (χ3v) is 6.73. The summed E-state index contributed by atoms with van der Waals surface area (Å²) in [4.78, 5) is 30.0. The average molecular weight is 458 g/mol. The Morgan fingerprint density at radius 1 is 1.12 bits per heavy atom. The van der Waals surface area contributed by atoms with Crippen molar-refractivity contribution < 1.29 is 19.1 Å². The lowest BCUT2D eigenvalue weighted by atomic mass is 9.82. The highest BCUT2D eigenvalue weighted by Gasteiger charge is 2.38. The van der Waals surface area contributed by atoms with E-state index in [-0.39, 0.29) is 23.8 Å². The largest absolute Gasteiger partial charge is 0.492 e. The van der Waals surface area contributed by atoms with Gasteiger partial charge in [0.2, 0.25) is 5.91 Å². The van der Waals surface area contributed by atoms with E-state index < -0.39 is 5.60 Å². The third-order valence-electron chi connectivity index (χ3n) is 6.73. The van der Waals surface area contributed by atoms with Gasteiger partial charge in [0, 0.05) is 39.1 Å². The van der Waals surface area contributed by atoms with Gasteiger partial charge < -0.3 is 24.6 Å². The first-order chi connectivity index (χ1) is 15.7. The number of benzene rings is 1. The molecule has 0 unspecified atom stereocenters. The molecule has 7 heteroatoms. The first kappa shape index (κ1) is 23.9. The van der Waals surface area contributed by atoms with E-state index in [1.807, 2.05) is 32.7 Å². The van der Waals surface area contributed by atoms with E-state index in [0.29, 0.717) is 38.6 Å². The van der Waals surface area contributed by atoms with Crippen LogP contribution in [-0.2, 0) is 9.53 Å². The van der Waals surface area contributed by atoms with E-state index in [4.69, 9.17) is 9.47 Å². The van der Waals surface area contributed by atoms with E-state index >= 15 is 0 Å². The zero-order valence-corrected chi connectivity index (χ0v) is 20.6. The number of piperidine rings is 1. The smallest absolute Gasteiger partial charge is 0.410 e. The summed E-state index contributed by atoms with van der Waals surface area (Å²) in [6, 6.07) is 6.53. The molecule has 1 aromatic carbocycles. The molecule has 1 aliphatic carbocycles. The van der Waals surface area contributed by atoms with E-state index in [1.165, 1.54) is 18.4 Å². The fourth-order valence-corrected chi connectivity index (χ4v) is 4.89. The fraction of sp³-hybridized carbons (Fsp3) is 0.692. The first-order valence-corrected chi connectivity index (χ1v) is 12.4. The summed E-state index contributed by atoms with van der Waals surface area (Å²) in [6.07, 6.45) is 3.70. The van der Waals surface area contributed by atoms with Gasteiger partial charge in [-0.1, -0.05) is 12.1 Å². The van der Waals surface area contributed by atoms with Crippen molar-refractivity contribution >= 4 is 12.0 Å². The molecule has 2 amide bonds. The van der Waals surface area contributed by atoms with Gasteiger partial charge in [0.1, 0.15) is 18.0 Å². The Bertz CT molecular complexity index is 862. The number of ether oxygens (including phenoxy) is 2. The van der Waals surface area contributed by atoms with E-state index in [0.717, 1.165) is 30.8 Å². The normalized spacial score (nSPS) is 25.0. The number of rotatable bonds is 1. The summed E-state index contributed by atoms with van der Waals surface area (Å²) in [6.45, 7) is 9.45. The van der Waals surface area contributed by atoms with Crippen molar-refractivity contribution in [2.45, 2.75) is 63.9 Å². The second-order valence-corrected chi connectivity index (χ2v) is 10.8. The molecule has 7 nitrogen and oxygen atoms in total. The maximum atomic E-state index is 13.4. The quantitative estimate of drug-likeness (QED) is 0.696. The highest BCUT2D eigenvalue weighted by atomic mass is 16.6. The Balaban J connectivity index is 1.67. The summed E-state index contributed by atoms with van der Waals surface area (Å²) in [5.74, 6) is 1.37. The van der Waals surface area contributed by atoms with Crippen molar-refractivity contribution in [2.75, 3.05) is 46.4 Å². The SMILES string of the molecule is CN1CCCNCCOc2ccc(C3CC3)cc2[C@H]2C[C@H](CN(C(=O)OC(C)(C)C)C2)C1=O. The minimum absolute atomic E-state index is 0.0261. The van der Waals surface area contributed by atoms with Gasteiger partial charge in [0.15, 0.2) is 0 Å². The summed E-state index contributed by atoms with van der Waals surface area (Å²) < 4.78 is 11.9. The molecule has 2 aliphatic heterocycles. The fourth-order valence-electron chi connectivity index (χ4n) is 4.89. The van der Waals surface area contributed by atoms with Crippen molar-refractivity contribution in [3.05, 3.63) is 29.3 Å². The molecule has 1 saturated carbocycles. The molecule has 4 rings (SSSR count). The number of likely N-dealkylation sites (tertiary alicyclic amines) is 1. The van der Waals surface area contributed by atoms with Crippen LogP contribution in [0.15, 0.2) is 18.2 Å². The Hall–Kier alpha value is -2.28. The molecule has 0 aromatic heterocycles. The topological polar surface area (TPSA) is 71.1 Å². The van der Waals surface area contributed by atoms with Crippen LogP contribution in [0.4, 0.5) is 4.79 Å². The molecule has 182 valence electrons. The average Bonchev–Trinajstić information content (AvgIpc) is 3.61. The van der Waals surface area contributed by atoms with E-state index in [9.17, 15) is 9.59 Å². The molecule has 2 fully saturated rings. The van der Waals surface area contributed by atoms with Crippen molar-refractivity contribution in [2.24, 2.45) is 5.92 Å². The van der Waals surface area contributed by atoms with E-state index in [1.54, 1.807) is 4.90 Å². The number of carbonyl (C=O) groups is 2. The number of hydrogen-bond donors (Lipinski definition) is 1. The zero-order valence-electron chi connectivity index (χ0n) is 20.6. The van der Waals surface area contributed by atoms with Crippen LogP contribution < -0.4 is 10.1 Å². The molecule has 0 radical (unpaired) electrons. The molecule has 1 saturated heterocycles. The van der Waals surface area contributed by atoms with Gasteiger partial charge in [-0.2, -0.15) is 0 Å². The van der Waals surface area contributed by atoms with Gasteiger partial charge in [-0.3, -0.25) is 4.79 Å². The second-order valence-electron chi connectivity index (χ2n) is 10.8. The standard InChI is InChI=1S/C26H39N3O4/c1-26(2,3)33-25(31)29-16-20-14-21(17-29)24(30)28(4)12-5-10-27-11-13-32-23-9-8-19(15-22(20)23)18-6-7-18/h8-9,15,18,20-21,27H,5-7,10-14,16-17H2,1-4H3/t20-,21+/m0/s1. The molecular weight excluding hydrogens is 418 g/mol. The molecule has 0 spiro atoms. The predicted octanol–water partition coefficient (Wildman–Crippen LogP) is 3.74. The number of hydrogen-bond acceptors (Lipinski definition) is 5. The summed E-state index contributed by atoms with van der Waals surface area (Å²) in [5, 5.41) is 3.41. The summed E-state index contributed by atoms with van der Waals surface area (Å²) in [7, 11) is 1.87. The highest BCUT2D eigenvalue weighted by molar-refractivity contribution is 5.80. The molecule has 2 bridgehead atoms. The minimum atomic E-state index is -0.579. The number of nitrogens with one attached hydrogen (secondary N) is 1. The molecule has 1 aromatic rings. The maximum Gasteiger partial charge on any atom is 0.410 e. The van der Waals surface area contributed by atoms with Crippen LogP contribution in [0.1, 0.15) is 69.4 Å². The molecular formula is C26H39N3O4. The lowest BCUT2D eigenvalue weighted by molar-refractivity contribution is -0.136. The number of fused-ring (bicyclic) bond motifs is 4. The van der Waals surface area contributed by atoms with Gasteiger partial charge in [0.25, 0.3) is 0 Å². The molecule has 2 heterocycles. The van der Waals surface area contributed by atoms with Crippen molar-refractivity contribution in [1.82, 2.24) is 15.1 Å². The zero-order chi connectivity index (χ0) is 23.6. The van der Waals surface area contributed by atoms with Crippen molar-refractivity contribution in [3.63, 3.8) is 0 Å². The van der Waals surface area contributed by atoms with Crippen LogP contribution in [0, 0.1) is 5.92 Å². The lowest BCUT2D eigenvalue weighted by Gasteiger charge is -2.39. The molecule has 1 N–H and O–H groups in total. The molecule has 2 atom stereocenters. The van der Waals surface area contributed by atoms with Crippen LogP contribution in [0.25, 0.3) is 0 Å². The Morgan fingerprint density at radius 3 is 2.61 bits per heavy atom. The maximum absolute atomic E-state index is 13.4. The number of amides is 2. The van der Waals surface area contributed by atoms with Crippen molar-refractivity contribution in [3.8, 4) is 5.75 Å². The number of carbonyl (C=O) groups excluding carboxylic acids is 2. The summed E-state index contributed by atoms with van der Waals surface area (Å²) in [5.41, 5.74) is 1.88.